The van der Waals surface area contributed by atoms with Gasteiger partial charge in [0.15, 0.2) is 0 Å². The Kier molecular flexibility index (Phi) is 2.93. The van der Waals surface area contributed by atoms with Crippen molar-refractivity contribution in [2.24, 2.45) is 17.8 Å². The highest BCUT2D eigenvalue weighted by Gasteiger charge is 2.31. The molecule has 1 aliphatic carbocycles. The van der Waals surface area contributed by atoms with Crippen LogP contribution in [0.1, 0.15) is 39.5 Å². The van der Waals surface area contributed by atoms with Gasteiger partial charge in [0, 0.05) is 5.92 Å². The van der Waals surface area contributed by atoms with E-state index >= 15 is 0 Å². The molecule has 2 atom stereocenters. The molecule has 11 heavy (non-hydrogen) atoms. The first kappa shape index (κ1) is 8.59. The smallest absolute Gasteiger partial charge is 0.0655 e. The van der Waals surface area contributed by atoms with Crippen molar-refractivity contribution in [1.82, 2.24) is 0 Å². The molecule has 1 aliphatic rings. The van der Waals surface area contributed by atoms with Gasteiger partial charge >= 0.3 is 0 Å². The van der Waals surface area contributed by atoms with Gasteiger partial charge in [-0.1, -0.05) is 26.7 Å². The Morgan fingerprint density at radius 3 is 1.91 bits per heavy atom. The van der Waals surface area contributed by atoms with E-state index in [1.165, 1.54) is 12.8 Å². The van der Waals surface area contributed by atoms with Gasteiger partial charge < -0.3 is 0 Å². The normalized spacial score (nSPS) is 37.0. The Balaban J connectivity index is 2.49. The van der Waals surface area contributed by atoms with Crippen molar-refractivity contribution in [2.45, 2.75) is 39.5 Å². The van der Waals surface area contributed by atoms with Crippen LogP contribution < -0.4 is 0 Å². The number of nitrogens with zero attached hydrogens (tertiary/aromatic N) is 1. The quantitative estimate of drug-likeness (QED) is 0.595. The predicted molar refractivity (Wildman–Crippen MR) is 45.9 cm³/mol. The zero-order valence-corrected chi connectivity index (χ0v) is 7.51. The van der Waals surface area contributed by atoms with Crippen LogP contribution in [0.25, 0.3) is 0 Å². The van der Waals surface area contributed by atoms with Gasteiger partial charge in [0.05, 0.1) is 6.07 Å². The van der Waals surface area contributed by atoms with Crippen LogP contribution >= 0.6 is 0 Å². The summed E-state index contributed by atoms with van der Waals surface area (Å²) in [5.41, 5.74) is 0. The highest BCUT2D eigenvalue weighted by molar-refractivity contribution is 4.93. The Bertz CT molecular complexity index is 145. The summed E-state index contributed by atoms with van der Waals surface area (Å²) in [5, 5.41) is 8.74. The minimum Gasteiger partial charge on any atom is -0.198 e. The molecular weight excluding hydrogens is 134 g/mol. The fourth-order valence-corrected chi connectivity index (χ4v) is 2.32. The molecule has 0 bridgehead atoms. The van der Waals surface area contributed by atoms with Crippen molar-refractivity contribution in [3.63, 3.8) is 0 Å². The molecule has 0 saturated heterocycles. The van der Waals surface area contributed by atoms with E-state index in [9.17, 15) is 0 Å². The standard InChI is InChI=1S/C10H17N/c1-3-9-5-8(7-11)6-10(9)4-2/h8-10H,3-6H2,1-2H3. The fourth-order valence-electron chi connectivity index (χ4n) is 2.32. The third-order valence-corrected chi connectivity index (χ3v) is 3.07. The molecule has 0 heterocycles. The second kappa shape index (κ2) is 3.76. The van der Waals surface area contributed by atoms with Gasteiger partial charge in [0.2, 0.25) is 0 Å². The molecule has 62 valence electrons. The number of hydrogen-bond donors (Lipinski definition) is 0. The molecule has 0 aromatic heterocycles. The van der Waals surface area contributed by atoms with Crippen LogP contribution in [0.2, 0.25) is 0 Å². The lowest BCUT2D eigenvalue weighted by Gasteiger charge is -2.14. The van der Waals surface area contributed by atoms with Crippen molar-refractivity contribution in [1.29, 1.82) is 5.26 Å². The van der Waals surface area contributed by atoms with Crippen LogP contribution in [0.5, 0.6) is 0 Å². The van der Waals surface area contributed by atoms with Crippen molar-refractivity contribution in [3.8, 4) is 6.07 Å². The summed E-state index contributed by atoms with van der Waals surface area (Å²) in [7, 11) is 0. The second-order valence-electron chi connectivity index (χ2n) is 3.63. The predicted octanol–water partition coefficient (Wildman–Crippen LogP) is 2.97. The Morgan fingerprint density at radius 1 is 1.18 bits per heavy atom. The topological polar surface area (TPSA) is 23.8 Å². The minimum absolute atomic E-state index is 0.366. The van der Waals surface area contributed by atoms with Gasteiger partial charge in [-0.2, -0.15) is 5.26 Å². The zero-order valence-electron chi connectivity index (χ0n) is 7.51. The minimum atomic E-state index is 0.366. The van der Waals surface area contributed by atoms with E-state index < -0.39 is 0 Å². The molecule has 1 saturated carbocycles. The summed E-state index contributed by atoms with van der Waals surface area (Å²) in [6, 6.07) is 2.39. The average Bonchev–Trinajstić information content (AvgIpc) is 2.46. The fraction of sp³-hybridized carbons (Fsp3) is 0.900. The number of nitriles is 1. The highest BCUT2D eigenvalue weighted by atomic mass is 14.4. The van der Waals surface area contributed by atoms with Crippen LogP contribution in [0.4, 0.5) is 0 Å². The molecule has 0 aromatic rings. The van der Waals surface area contributed by atoms with Crippen LogP contribution in [-0.4, -0.2) is 0 Å². The van der Waals surface area contributed by atoms with Crippen LogP contribution in [0.15, 0.2) is 0 Å². The summed E-state index contributed by atoms with van der Waals surface area (Å²) >= 11 is 0. The SMILES string of the molecule is CCC1CC(C#N)CC1CC. The van der Waals surface area contributed by atoms with Gasteiger partial charge in [0.1, 0.15) is 0 Å². The maximum Gasteiger partial charge on any atom is 0.0655 e. The van der Waals surface area contributed by atoms with E-state index in [2.05, 4.69) is 19.9 Å². The summed E-state index contributed by atoms with van der Waals surface area (Å²) in [4.78, 5) is 0. The van der Waals surface area contributed by atoms with Crippen molar-refractivity contribution >= 4 is 0 Å². The molecule has 0 aliphatic heterocycles. The van der Waals surface area contributed by atoms with E-state index in [4.69, 9.17) is 5.26 Å². The Hall–Kier alpha value is -0.510. The summed E-state index contributed by atoms with van der Waals surface area (Å²) in [6.45, 7) is 4.49. The number of rotatable bonds is 2. The van der Waals surface area contributed by atoms with Crippen LogP contribution in [-0.2, 0) is 0 Å². The molecule has 1 nitrogen and oxygen atoms in total. The monoisotopic (exact) mass is 151 g/mol. The first-order valence-corrected chi connectivity index (χ1v) is 4.71. The van der Waals surface area contributed by atoms with Gasteiger partial charge in [0.25, 0.3) is 0 Å². The molecular formula is C10H17N. The van der Waals surface area contributed by atoms with E-state index in [0.717, 1.165) is 24.7 Å². The number of hydrogen-bond acceptors (Lipinski definition) is 1. The van der Waals surface area contributed by atoms with Gasteiger partial charge in [-0.05, 0) is 24.7 Å². The molecule has 1 fully saturated rings. The van der Waals surface area contributed by atoms with Crippen molar-refractivity contribution in [2.75, 3.05) is 0 Å². The van der Waals surface area contributed by atoms with E-state index in [1.54, 1.807) is 0 Å². The molecule has 1 rings (SSSR count). The van der Waals surface area contributed by atoms with E-state index in [-0.39, 0.29) is 0 Å². The third-order valence-electron chi connectivity index (χ3n) is 3.07. The first-order chi connectivity index (χ1) is 5.31. The molecule has 0 spiro atoms. The Labute approximate surface area is 69.4 Å². The van der Waals surface area contributed by atoms with Crippen molar-refractivity contribution in [3.05, 3.63) is 0 Å². The molecule has 2 unspecified atom stereocenters. The maximum atomic E-state index is 8.74. The average molecular weight is 151 g/mol. The zero-order chi connectivity index (χ0) is 8.27. The van der Waals surface area contributed by atoms with Gasteiger partial charge in [-0.15, -0.1) is 0 Å². The third kappa shape index (κ3) is 1.74. The molecule has 0 N–H and O–H groups in total. The summed E-state index contributed by atoms with van der Waals surface area (Å²) in [6.07, 6.45) is 4.84. The van der Waals surface area contributed by atoms with E-state index in [0.29, 0.717) is 5.92 Å². The van der Waals surface area contributed by atoms with Gasteiger partial charge in [-0.3, -0.25) is 0 Å². The van der Waals surface area contributed by atoms with E-state index in [1.807, 2.05) is 0 Å². The largest absolute Gasteiger partial charge is 0.198 e. The summed E-state index contributed by atoms with van der Waals surface area (Å²) in [5.74, 6) is 2.04. The van der Waals surface area contributed by atoms with Crippen LogP contribution in [0.3, 0.4) is 0 Å². The lowest BCUT2D eigenvalue weighted by atomic mass is 9.92. The van der Waals surface area contributed by atoms with Crippen LogP contribution in [0, 0.1) is 29.1 Å². The van der Waals surface area contributed by atoms with Crippen molar-refractivity contribution < 1.29 is 0 Å². The van der Waals surface area contributed by atoms with Gasteiger partial charge in [-0.25, -0.2) is 0 Å². The highest BCUT2D eigenvalue weighted by Crippen LogP contribution is 2.39. The first-order valence-electron chi connectivity index (χ1n) is 4.71. The molecule has 0 aromatic carbocycles. The molecule has 0 amide bonds. The lowest BCUT2D eigenvalue weighted by Crippen LogP contribution is -2.04. The lowest BCUT2D eigenvalue weighted by molar-refractivity contribution is 0.367. The molecule has 1 heteroatoms. The second-order valence-corrected chi connectivity index (χ2v) is 3.63. The Morgan fingerprint density at radius 2 is 1.64 bits per heavy atom. The summed E-state index contributed by atoms with van der Waals surface area (Å²) < 4.78 is 0. The molecule has 0 radical (unpaired) electrons. The maximum absolute atomic E-state index is 8.74.